The van der Waals surface area contributed by atoms with Crippen molar-refractivity contribution < 1.29 is 24.9 Å². The van der Waals surface area contributed by atoms with Crippen LogP contribution in [0, 0.1) is 0 Å². The molecule has 1 aromatic carbocycles. The van der Waals surface area contributed by atoms with E-state index in [4.69, 9.17) is 10.5 Å². The molecule has 1 aliphatic heterocycles. The van der Waals surface area contributed by atoms with Gasteiger partial charge >= 0.3 is 0 Å². The lowest BCUT2D eigenvalue weighted by Crippen LogP contribution is -2.34. The van der Waals surface area contributed by atoms with Gasteiger partial charge in [0.05, 0.1) is 6.61 Å². The van der Waals surface area contributed by atoms with Gasteiger partial charge in [-0.25, -0.2) is 9.67 Å². The molecule has 9 heteroatoms. The first-order valence-corrected chi connectivity index (χ1v) is 9.44. The molecule has 0 unspecified atom stereocenters. The number of aliphatic hydroxyl groups excluding tert-OH is 3. The molecule has 1 amide bonds. The third-order valence-electron chi connectivity index (χ3n) is 4.89. The van der Waals surface area contributed by atoms with Crippen molar-refractivity contribution in [1.82, 2.24) is 14.8 Å². The van der Waals surface area contributed by atoms with Crippen molar-refractivity contribution >= 4 is 5.91 Å². The van der Waals surface area contributed by atoms with Crippen LogP contribution in [0.15, 0.2) is 24.3 Å². The first-order chi connectivity index (χ1) is 13.5. The highest BCUT2D eigenvalue weighted by atomic mass is 16.6. The molecule has 0 spiro atoms. The minimum absolute atomic E-state index is 0.197. The van der Waals surface area contributed by atoms with Crippen LogP contribution in [-0.2, 0) is 11.2 Å². The van der Waals surface area contributed by atoms with Crippen LogP contribution in [0.3, 0.4) is 0 Å². The van der Waals surface area contributed by atoms with E-state index < -0.39 is 37.1 Å². The fourth-order valence-electron chi connectivity index (χ4n) is 3.27. The van der Waals surface area contributed by atoms with Crippen molar-refractivity contribution in [3.63, 3.8) is 0 Å². The summed E-state index contributed by atoms with van der Waals surface area (Å²) in [4.78, 5) is 16.0. The largest absolute Gasteiger partial charge is 0.394 e. The number of amides is 1. The Balaban J connectivity index is 1.86. The van der Waals surface area contributed by atoms with Gasteiger partial charge in [0.25, 0.3) is 5.91 Å². The smallest absolute Gasteiger partial charge is 0.286 e. The summed E-state index contributed by atoms with van der Waals surface area (Å²) in [6, 6.07) is 7.70. The van der Waals surface area contributed by atoms with Crippen LogP contribution < -0.4 is 5.73 Å². The highest BCUT2D eigenvalue weighted by Crippen LogP contribution is 2.30. The maximum atomic E-state index is 11.8. The topological polar surface area (TPSA) is 144 Å². The zero-order chi connectivity index (χ0) is 20.3. The number of hydrogen-bond acceptors (Lipinski definition) is 7. The number of ether oxygens (including phenoxy) is 1. The number of aromatic nitrogens is 3. The van der Waals surface area contributed by atoms with Gasteiger partial charge in [-0.05, 0) is 18.4 Å². The molecule has 1 aromatic heterocycles. The Morgan fingerprint density at radius 2 is 1.93 bits per heavy atom. The Kier molecular flexibility index (Phi) is 6.40. The third-order valence-corrected chi connectivity index (χ3v) is 4.89. The number of rotatable bonds is 8. The van der Waals surface area contributed by atoms with E-state index in [-0.39, 0.29) is 11.6 Å². The van der Waals surface area contributed by atoms with Gasteiger partial charge in [-0.1, -0.05) is 44.0 Å². The number of aliphatic hydroxyl groups is 3. The fourth-order valence-corrected chi connectivity index (χ4v) is 3.27. The molecule has 28 heavy (non-hydrogen) atoms. The molecule has 3 rings (SSSR count). The second-order valence-corrected chi connectivity index (χ2v) is 6.95. The van der Waals surface area contributed by atoms with Crippen LogP contribution in [-0.4, -0.2) is 60.9 Å². The lowest BCUT2D eigenvalue weighted by atomic mass is 10.1. The van der Waals surface area contributed by atoms with Gasteiger partial charge in [0.15, 0.2) is 12.1 Å². The number of carbonyl (C=O) groups is 1. The number of carbonyl (C=O) groups excluding carboxylic acids is 1. The van der Waals surface area contributed by atoms with E-state index in [0.717, 1.165) is 23.9 Å². The molecule has 5 N–H and O–H groups in total. The summed E-state index contributed by atoms with van der Waals surface area (Å²) in [5, 5.41) is 33.7. The molecule has 152 valence electrons. The molecular weight excluding hydrogens is 364 g/mol. The minimum atomic E-state index is -1.38. The third kappa shape index (κ3) is 4.07. The Bertz CT molecular complexity index is 807. The highest BCUT2D eigenvalue weighted by Gasteiger charge is 2.45. The Morgan fingerprint density at radius 3 is 2.50 bits per heavy atom. The number of primary amides is 1. The molecule has 0 radical (unpaired) electrons. The monoisotopic (exact) mass is 390 g/mol. The summed E-state index contributed by atoms with van der Waals surface area (Å²) < 4.78 is 6.50. The average Bonchev–Trinajstić information content (AvgIpc) is 3.25. The molecule has 1 saturated heterocycles. The molecular formula is C19H26N4O5. The van der Waals surface area contributed by atoms with Gasteiger partial charge < -0.3 is 25.8 Å². The van der Waals surface area contributed by atoms with Crippen LogP contribution in [0.25, 0.3) is 11.4 Å². The van der Waals surface area contributed by atoms with Gasteiger partial charge in [-0.3, -0.25) is 4.79 Å². The number of aryl methyl sites for hydroxylation is 1. The number of nitrogens with two attached hydrogens (primary N) is 1. The Hall–Kier alpha value is -2.33. The SMILES string of the molecule is CCCCCc1ccc(-c2nc(C(N)=O)n([C@@H]3O[C@H](CO)[C@@H](O)[C@H]3O)n2)cc1. The predicted octanol–water partition coefficient (Wildman–Crippen LogP) is 0.388. The molecule has 0 saturated carbocycles. The maximum absolute atomic E-state index is 11.8. The number of nitrogens with zero attached hydrogens (tertiary/aromatic N) is 3. The van der Waals surface area contributed by atoms with E-state index >= 15 is 0 Å². The van der Waals surface area contributed by atoms with Crippen molar-refractivity contribution in [2.24, 2.45) is 5.73 Å². The zero-order valence-corrected chi connectivity index (χ0v) is 15.7. The number of benzene rings is 1. The minimum Gasteiger partial charge on any atom is -0.394 e. The van der Waals surface area contributed by atoms with Crippen LogP contribution in [0.1, 0.15) is 48.6 Å². The predicted molar refractivity (Wildman–Crippen MR) is 100 cm³/mol. The summed E-state index contributed by atoms with van der Waals surface area (Å²) in [6.07, 6.45) is -0.405. The van der Waals surface area contributed by atoms with Gasteiger partial charge in [0.2, 0.25) is 5.82 Å². The summed E-state index contributed by atoms with van der Waals surface area (Å²) in [5.41, 5.74) is 7.29. The summed E-state index contributed by atoms with van der Waals surface area (Å²) >= 11 is 0. The van der Waals surface area contributed by atoms with E-state index in [1.807, 2.05) is 24.3 Å². The second-order valence-electron chi connectivity index (χ2n) is 6.95. The first kappa shape index (κ1) is 20.4. The van der Waals surface area contributed by atoms with Crippen LogP contribution in [0.2, 0.25) is 0 Å². The molecule has 1 fully saturated rings. The highest BCUT2D eigenvalue weighted by molar-refractivity contribution is 5.89. The van der Waals surface area contributed by atoms with Crippen LogP contribution in [0.4, 0.5) is 0 Å². The van der Waals surface area contributed by atoms with Crippen molar-refractivity contribution in [2.75, 3.05) is 6.61 Å². The van der Waals surface area contributed by atoms with Crippen LogP contribution >= 0.6 is 0 Å². The summed E-state index contributed by atoms with van der Waals surface area (Å²) in [5.74, 6) is -0.781. The summed E-state index contributed by atoms with van der Waals surface area (Å²) in [7, 11) is 0. The van der Waals surface area contributed by atoms with Crippen molar-refractivity contribution in [1.29, 1.82) is 0 Å². The van der Waals surface area contributed by atoms with Gasteiger partial charge in [-0.2, -0.15) is 0 Å². The van der Waals surface area contributed by atoms with Crippen molar-refractivity contribution in [3.8, 4) is 11.4 Å². The number of hydrogen-bond donors (Lipinski definition) is 4. The fraction of sp³-hybridized carbons (Fsp3) is 0.526. The van der Waals surface area contributed by atoms with Crippen molar-refractivity contribution in [2.45, 2.75) is 57.1 Å². The molecule has 0 aliphatic carbocycles. The first-order valence-electron chi connectivity index (χ1n) is 9.44. The van der Waals surface area contributed by atoms with Gasteiger partial charge in [-0.15, -0.1) is 5.10 Å². The quantitative estimate of drug-likeness (QED) is 0.477. The van der Waals surface area contributed by atoms with E-state index in [0.29, 0.717) is 5.56 Å². The van der Waals surface area contributed by atoms with E-state index in [2.05, 4.69) is 17.0 Å². The number of unbranched alkanes of at least 4 members (excludes halogenated alkanes) is 2. The van der Waals surface area contributed by atoms with E-state index in [1.165, 1.54) is 12.0 Å². The zero-order valence-electron chi connectivity index (χ0n) is 15.7. The van der Waals surface area contributed by atoms with Crippen LogP contribution in [0.5, 0.6) is 0 Å². The van der Waals surface area contributed by atoms with E-state index in [1.54, 1.807) is 0 Å². The average molecular weight is 390 g/mol. The molecule has 2 heterocycles. The normalized spacial score (nSPS) is 24.6. The Labute approximate surface area is 162 Å². The maximum Gasteiger partial charge on any atom is 0.286 e. The molecule has 0 bridgehead atoms. The molecule has 1 aliphatic rings. The van der Waals surface area contributed by atoms with Gasteiger partial charge in [0, 0.05) is 5.56 Å². The second kappa shape index (κ2) is 8.78. The van der Waals surface area contributed by atoms with E-state index in [9.17, 15) is 20.1 Å². The summed E-state index contributed by atoms with van der Waals surface area (Å²) in [6.45, 7) is 1.68. The molecule has 9 nitrogen and oxygen atoms in total. The lowest BCUT2D eigenvalue weighted by molar-refractivity contribution is -0.0594. The lowest BCUT2D eigenvalue weighted by Gasteiger charge is -2.15. The standard InChI is InChI=1S/C19H26N4O5/c1-2-3-4-5-11-6-8-12(9-7-11)17-21-18(16(20)27)23(22-17)19-15(26)14(25)13(10-24)28-19/h6-9,13-15,19,24-26H,2-5,10H2,1H3,(H2,20,27)/t13-,14-,15-,19-/m1/s1. The Morgan fingerprint density at radius 1 is 1.21 bits per heavy atom. The van der Waals surface area contributed by atoms with Crippen molar-refractivity contribution in [3.05, 3.63) is 35.7 Å². The van der Waals surface area contributed by atoms with Gasteiger partial charge in [0.1, 0.15) is 18.3 Å². The molecule has 4 atom stereocenters. The molecule has 2 aromatic rings.